The van der Waals surface area contributed by atoms with Crippen molar-refractivity contribution in [2.75, 3.05) is 36.9 Å². The Bertz CT molecular complexity index is 278. The maximum Gasteiger partial charge on any atom is 0.240 e. The molecule has 2 aliphatic rings. The molecule has 0 aliphatic carbocycles. The van der Waals surface area contributed by atoms with E-state index in [9.17, 15) is 4.79 Å². The number of amides is 1. The quantitative estimate of drug-likeness (QED) is 0.784. The Labute approximate surface area is 112 Å². The second-order valence-corrected chi connectivity index (χ2v) is 8.22. The van der Waals surface area contributed by atoms with E-state index in [2.05, 4.69) is 24.1 Å². The lowest BCUT2D eigenvalue weighted by Gasteiger charge is -2.29. The zero-order chi connectivity index (χ0) is 12.3. The minimum absolute atomic E-state index is 0.0555. The van der Waals surface area contributed by atoms with Crippen LogP contribution in [0.15, 0.2) is 0 Å². The summed E-state index contributed by atoms with van der Waals surface area (Å²) in [4.78, 5) is 14.4. The molecule has 1 N–H and O–H groups in total. The zero-order valence-corrected chi connectivity index (χ0v) is 12.3. The van der Waals surface area contributed by atoms with Gasteiger partial charge in [0.25, 0.3) is 0 Å². The molecule has 0 spiro atoms. The van der Waals surface area contributed by atoms with Crippen molar-refractivity contribution in [1.82, 2.24) is 10.2 Å². The molecule has 0 saturated carbocycles. The average molecular weight is 274 g/mol. The van der Waals surface area contributed by atoms with Crippen molar-refractivity contribution < 1.29 is 4.79 Å². The topological polar surface area (TPSA) is 32.3 Å². The summed E-state index contributed by atoms with van der Waals surface area (Å²) in [5.74, 6) is 3.45. The van der Waals surface area contributed by atoms with Crippen molar-refractivity contribution >= 4 is 29.4 Å². The molecule has 2 heterocycles. The molecule has 1 amide bonds. The summed E-state index contributed by atoms with van der Waals surface area (Å²) in [6, 6.07) is 0.0555. The van der Waals surface area contributed by atoms with Crippen LogP contribution in [0.3, 0.4) is 0 Å². The first-order valence-corrected chi connectivity index (χ1v) is 8.46. The molecule has 5 heteroatoms. The third kappa shape index (κ3) is 3.80. The van der Waals surface area contributed by atoms with Crippen molar-refractivity contribution in [1.29, 1.82) is 0 Å². The van der Waals surface area contributed by atoms with E-state index in [1.807, 2.05) is 23.5 Å². The summed E-state index contributed by atoms with van der Waals surface area (Å²) in [6.45, 7) is 7.35. The molecule has 0 aromatic heterocycles. The van der Waals surface area contributed by atoms with Gasteiger partial charge in [-0.15, -0.1) is 0 Å². The third-order valence-corrected chi connectivity index (χ3v) is 5.80. The van der Waals surface area contributed by atoms with Gasteiger partial charge in [-0.25, -0.2) is 0 Å². The van der Waals surface area contributed by atoms with Crippen molar-refractivity contribution in [2.24, 2.45) is 0 Å². The van der Waals surface area contributed by atoms with Gasteiger partial charge in [0, 0.05) is 41.6 Å². The van der Waals surface area contributed by atoms with Crippen LogP contribution < -0.4 is 5.32 Å². The van der Waals surface area contributed by atoms with Gasteiger partial charge in [-0.3, -0.25) is 4.79 Å². The lowest BCUT2D eigenvalue weighted by atomic mass is 10.1. The molecule has 2 fully saturated rings. The third-order valence-electron chi connectivity index (χ3n) is 3.37. The van der Waals surface area contributed by atoms with Crippen molar-refractivity contribution in [3.05, 3.63) is 0 Å². The molecule has 2 saturated heterocycles. The highest BCUT2D eigenvalue weighted by Gasteiger charge is 2.30. The van der Waals surface area contributed by atoms with Crippen LogP contribution in [-0.2, 0) is 4.79 Å². The highest BCUT2D eigenvalue weighted by molar-refractivity contribution is 8.00. The molecule has 0 bridgehead atoms. The zero-order valence-electron chi connectivity index (χ0n) is 10.7. The second-order valence-electron chi connectivity index (χ2n) is 5.27. The van der Waals surface area contributed by atoms with Crippen molar-refractivity contribution in [2.45, 2.75) is 31.1 Å². The number of thioether (sulfide) groups is 2. The minimum atomic E-state index is 0.0555. The lowest BCUT2D eigenvalue weighted by Crippen LogP contribution is -2.51. The highest BCUT2D eigenvalue weighted by atomic mass is 32.2. The smallest absolute Gasteiger partial charge is 0.240 e. The van der Waals surface area contributed by atoms with Gasteiger partial charge in [0.2, 0.25) is 5.91 Å². The fourth-order valence-corrected chi connectivity index (χ4v) is 4.21. The van der Waals surface area contributed by atoms with E-state index >= 15 is 0 Å². The summed E-state index contributed by atoms with van der Waals surface area (Å²) >= 11 is 3.87. The molecule has 98 valence electrons. The van der Waals surface area contributed by atoms with Gasteiger partial charge in [0.1, 0.15) is 0 Å². The van der Waals surface area contributed by atoms with Gasteiger partial charge in [-0.1, -0.05) is 13.8 Å². The van der Waals surface area contributed by atoms with Crippen LogP contribution >= 0.6 is 23.5 Å². The Morgan fingerprint density at radius 2 is 2.18 bits per heavy atom. The van der Waals surface area contributed by atoms with E-state index < -0.39 is 0 Å². The fourth-order valence-electron chi connectivity index (χ4n) is 2.19. The fraction of sp³-hybridized carbons (Fsp3) is 0.917. The van der Waals surface area contributed by atoms with E-state index in [-0.39, 0.29) is 6.04 Å². The van der Waals surface area contributed by atoms with Crippen LogP contribution in [0.25, 0.3) is 0 Å². The number of carbonyl (C=O) groups is 1. The summed E-state index contributed by atoms with van der Waals surface area (Å²) in [7, 11) is 0. The van der Waals surface area contributed by atoms with Crippen molar-refractivity contribution in [3.8, 4) is 0 Å². The van der Waals surface area contributed by atoms with E-state index in [4.69, 9.17) is 0 Å². The first-order valence-electron chi connectivity index (χ1n) is 6.32. The van der Waals surface area contributed by atoms with Crippen molar-refractivity contribution in [3.63, 3.8) is 0 Å². The molecular weight excluding hydrogens is 252 g/mol. The molecule has 1 atom stereocenters. The minimum Gasteiger partial charge on any atom is -0.340 e. The summed E-state index contributed by atoms with van der Waals surface area (Å²) in [5.41, 5.74) is 0. The first kappa shape index (κ1) is 13.6. The van der Waals surface area contributed by atoms with E-state index in [1.165, 1.54) is 0 Å². The number of nitrogens with one attached hydrogen (secondary N) is 1. The van der Waals surface area contributed by atoms with Gasteiger partial charge in [-0.05, 0) is 6.42 Å². The number of nitrogens with zero attached hydrogens (tertiary/aromatic N) is 1. The molecule has 0 radical (unpaired) electrons. The Hall–Kier alpha value is 0.130. The Kier molecular flexibility index (Phi) is 4.66. The van der Waals surface area contributed by atoms with E-state index in [0.717, 1.165) is 43.3 Å². The maximum atomic E-state index is 12.4. The molecule has 1 unspecified atom stereocenters. The standard InChI is InChI=1S/C12H22N2OS2/c1-12(2)3-5-14(6-8-17-12)11(15)10-9-16-7-4-13-10/h10,13H,3-9H2,1-2H3. The molecule has 17 heavy (non-hydrogen) atoms. The summed E-state index contributed by atoms with van der Waals surface area (Å²) in [6.07, 6.45) is 1.10. The molecule has 0 aromatic rings. The molecule has 0 aromatic carbocycles. The Morgan fingerprint density at radius 1 is 1.35 bits per heavy atom. The average Bonchev–Trinajstić information content (AvgIpc) is 2.50. The predicted octanol–water partition coefficient (Wildman–Crippen LogP) is 1.44. The number of carbonyl (C=O) groups excluding carboxylic acids is 1. The van der Waals surface area contributed by atoms with Gasteiger partial charge < -0.3 is 10.2 Å². The monoisotopic (exact) mass is 274 g/mol. The van der Waals surface area contributed by atoms with E-state index in [0.29, 0.717) is 10.7 Å². The number of hydrogen-bond donors (Lipinski definition) is 1. The van der Waals surface area contributed by atoms with E-state index in [1.54, 1.807) is 0 Å². The summed E-state index contributed by atoms with van der Waals surface area (Å²) < 4.78 is 0.323. The number of hydrogen-bond acceptors (Lipinski definition) is 4. The second kappa shape index (κ2) is 5.85. The van der Waals surface area contributed by atoms with Gasteiger partial charge in [0.05, 0.1) is 6.04 Å². The normalized spacial score (nSPS) is 29.8. The van der Waals surface area contributed by atoms with Crippen LogP contribution in [0.4, 0.5) is 0 Å². The van der Waals surface area contributed by atoms with Crippen LogP contribution in [0.1, 0.15) is 20.3 Å². The lowest BCUT2D eigenvalue weighted by molar-refractivity contribution is -0.132. The Balaban J connectivity index is 1.90. The van der Waals surface area contributed by atoms with Gasteiger partial charge in [-0.2, -0.15) is 23.5 Å². The maximum absolute atomic E-state index is 12.4. The number of rotatable bonds is 1. The Morgan fingerprint density at radius 3 is 2.88 bits per heavy atom. The van der Waals surface area contributed by atoms with Gasteiger partial charge in [0.15, 0.2) is 0 Å². The SMILES string of the molecule is CC1(C)CCN(C(=O)C2CSCCN2)CCS1. The van der Waals surface area contributed by atoms with Crippen LogP contribution in [0, 0.1) is 0 Å². The molecule has 2 rings (SSSR count). The van der Waals surface area contributed by atoms with Crippen LogP contribution in [-0.4, -0.2) is 58.5 Å². The summed E-state index contributed by atoms with van der Waals surface area (Å²) in [5, 5.41) is 3.34. The van der Waals surface area contributed by atoms with Crippen LogP contribution in [0.2, 0.25) is 0 Å². The van der Waals surface area contributed by atoms with Gasteiger partial charge >= 0.3 is 0 Å². The molecule has 3 nitrogen and oxygen atoms in total. The largest absolute Gasteiger partial charge is 0.340 e. The first-order chi connectivity index (χ1) is 8.08. The molecule has 2 aliphatic heterocycles. The highest BCUT2D eigenvalue weighted by Crippen LogP contribution is 2.30. The molecular formula is C12H22N2OS2. The van der Waals surface area contributed by atoms with Crippen LogP contribution in [0.5, 0.6) is 0 Å². The predicted molar refractivity (Wildman–Crippen MR) is 76.8 cm³/mol.